The zero-order valence-electron chi connectivity index (χ0n) is 16.3. The molecule has 0 bridgehead atoms. The highest BCUT2D eigenvalue weighted by atomic mass is 14.0. The van der Waals surface area contributed by atoms with Gasteiger partial charge in [0.15, 0.2) is 0 Å². The lowest BCUT2D eigenvalue weighted by Gasteiger charge is -2.03. The molecule has 0 heteroatoms. The van der Waals surface area contributed by atoms with Gasteiger partial charge in [-0.25, -0.2) is 0 Å². The Morgan fingerprint density at radius 2 is 1.13 bits per heavy atom. The lowest BCUT2D eigenvalue weighted by Crippen LogP contribution is -1.88. The molecular weight excluding hydrogens is 276 g/mol. The van der Waals surface area contributed by atoms with Crippen molar-refractivity contribution in [3.05, 3.63) is 24.8 Å². The van der Waals surface area contributed by atoms with Crippen molar-refractivity contribution >= 4 is 0 Å². The Labute approximate surface area is 147 Å². The number of hydrogen-bond acceptors (Lipinski definition) is 0. The van der Waals surface area contributed by atoms with E-state index >= 15 is 0 Å². The Morgan fingerprint density at radius 3 is 1.61 bits per heavy atom. The normalized spacial score (nSPS) is 12.8. The fourth-order valence-corrected chi connectivity index (χ4v) is 3.11. The van der Waals surface area contributed by atoms with E-state index in [0.29, 0.717) is 0 Å². The SMILES string of the molecule is C=CCC(C)CC=CCCCCCCCCCCCCCCC. The first kappa shape index (κ1) is 22.5. The third-order valence-electron chi connectivity index (χ3n) is 4.75. The summed E-state index contributed by atoms with van der Waals surface area (Å²) in [4.78, 5) is 0. The van der Waals surface area contributed by atoms with Crippen LogP contribution in [0.1, 0.15) is 117 Å². The van der Waals surface area contributed by atoms with Gasteiger partial charge in [0.05, 0.1) is 0 Å². The first-order valence-electron chi connectivity index (χ1n) is 10.6. The van der Waals surface area contributed by atoms with Crippen LogP contribution < -0.4 is 0 Å². The van der Waals surface area contributed by atoms with Crippen molar-refractivity contribution in [3.8, 4) is 0 Å². The summed E-state index contributed by atoms with van der Waals surface area (Å²) >= 11 is 0. The lowest BCUT2D eigenvalue weighted by molar-refractivity contribution is 0.540. The molecule has 0 amide bonds. The topological polar surface area (TPSA) is 0 Å². The molecule has 0 aliphatic rings. The zero-order chi connectivity index (χ0) is 17.0. The van der Waals surface area contributed by atoms with Crippen molar-refractivity contribution in [3.63, 3.8) is 0 Å². The predicted octanol–water partition coefficient (Wildman–Crippen LogP) is 8.63. The van der Waals surface area contributed by atoms with E-state index in [1.807, 2.05) is 6.08 Å². The van der Waals surface area contributed by atoms with Gasteiger partial charge in [-0.05, 0) is 31.6 Å². The van der Waals surface area contributed by atoms with Gasteiger partial charge in [0, 0.05) is 0 Å². The van der Waals surface area contributed by atoms with Crippen molar-refractivity contribution in [2.24, 2.45) is 5.92 Å². The third kappa shape index (κ3) is 19.4. The van der Waals surface area contributed by atoms with Crippen molar-refractivity contribution in [2.75, 3.05) is 0 Å². The van der Waals surface area contributed by atoms with Gasteiger partial charge in [-0.1, -0.05) is 109 Å². The molecule has 0 N–H and O–H groups in total. The van der Waals surface area contributed by atoms with Gasteiger partial charge < -0.3 is 0 Å². The maximum absolute atomic E-state index is 3.80. The molecule has 0 aliphatic heterocycles. The Morgan fingerprint density at radius 1 is 0.652 bits per heavy atom. The van der Waals surface area contributed by atoms with Crippen LogP contribution in [0.5, 0.6) is 0 Å². The summed E-state index contributed by atoms with van der Waals surface area (Å²) in [5.74, 6) is 0.760. The number of unbranched alkanes of at least 4 members (excludes halogenated alkanes) is 13. The third-order valence-corrected chi connectivity index (χ3v) is 4.75. The number of allylic oxidation sites excluding steroid dienone is 3. The summed E-state index contributed by atoms with van der Waals surface area (Å²) in [5, 5.41) is 0. The van der Waals surface area contributed by atoms with Crippen LogP contribution in [0.2, 0.25) is 0 Å². The van der Waals surface area contributed by atoms with Crippen LogP contribution in [-0.4, -0.2) is 0 Å². The lowest BCUT2D eigenvalue weighted by atomic mass is 10.0. The average molecular weight is 321 g/mol. The molecule has 136 valence electrons. The number of rotatable bonds is 18. The van der Waals surface area contributed by atoms with Crippen LogP contribution in [0.15, 0.2) is 24.8 Å². The monoisotopic (exact) mass is 320 g/mol. The molecule has 0 spiro atoms. The van der Waals surface area contributed by atoms with Gasteiger partial charge in [0.25, 0.3) is 0 Å². The minimum Gasteiger partial charge on any atom is -0.103 e. The summed E-state index contributed by atoms with van der Waals surface area (Å²) in [7, 11) is 0. The van der Waals surface area contributed by atoms with E-state index in [0.717, 1.165) is 12.3 Å². The molecule has 0 nitrogen and oxygen atoms in total. The predicted molar refractivity (Wildman–Crippen MR) is 108 cm³/mol. The molecular formula is C23H44. The maximum Gasteiger partial charge on any atom is -0.0322 e. The minimum absolute atomic E-state index is 0.760. The Kier molecular flexibility index (Phi) is 19.1. The fraction of sp³-hybridized carbons (Fsp3) is 0.826. The molecule has 0 aliphatic carbocycles. The second-order valence-electron chi connectivity index (χ2n) is 7.37. The Hall–Kier alpha value is -0.520. The number of hydrogen-bond donors (Lipinski definition) is 0. The largest absolute Gasteiger partial charge is 0.103 e. The van der Waals surface area contributed by atoms with E-state index in [1.165, 1.54) is 96.3 Å². The molecule has 0 aromatic heterocycles. The second-order valence-corrected chi connectivity index (χ2v) is 7.37. The quantitative estimate of drug-likeness (QED) is 0.175. The van der Waals surface area contributed by atoms with Gasteiger partial charge in [0.1, 0.15) is 0 Å². The molecule has 0 aromatic rings. The standard InChI is InChI=1S/C23H44/c1-4-6-7-8-9-10-11-12-13-14-15-16-17-18-19-20-22-23(3)21-5-2/h5,19-20,23H,2,4,6-18,21-22H2,1,3H3. The smallest absolute Gasteiger partial charge is 0.0322 e. The maximum atomic E-state index is 3.80. The molecule has 0 saturated carbocycles. The molecule has 1 unspecified atom stereocenters. The van der Waals surface area contributed by atoms with E-state index in [9.17, 15) is 0 Å². The highest BCUT2D eigenvalue weighted by molar-refractivity contribution is 4.84. The Balaban J connectivity index is 3.10. The van der Waals surface area contributed by atoms with Crippen LogP contribution in [0, 0.1) is 5.92 Å². The van der Waals surface area contributed by atoms with E-state index in [1.54, 1.807) is 0 Å². The zero-order valence-corrected chi connectivity index (χ0v) is 16.3. The van der Waals surface area contributed by atoms with Crippen LogP contribution in [0.3, 0.4) is 0 Å². The first-order valence-corrected chi connectivity index (χ1v) is 10.6. The molecule has 0 heterocycles. The van der Waals surface area contributed by atoms with Gasteiger partial charge in [0.2, 0.25) is 0 Å². The summed E-state index contributed by atoms with van der Waals surface area (Å²) in [6.07, 6.45) is 29.2. The minimum atomic E-state index is 0.760. The summed E-state index contributed by atoms with van der Waals surface area (Å²) in [6.45, 7) is 8.40. The van der Waals surface area contributed by atoms with E-state index in [2.05, 4.69) is 32.6 Å². The summed E-state index contributed by atoms with van der Waals surface area (Å²) < 4.78 is 0. The van der Waals surface area contributed by atoms with Gasteiger partial charge >= 0.3 is 0 Å². The van der Waals surface area contributed by atoms with Crippen LogP contribution in [-0.2, 0) is 0 Å². The van der Waals surface area contributed by atoms with Crippen molar-refractivity contribution in [1.82, 2.24) is 0 Å². The molecule has 0 fully saturated rings. The molecule has 0 saturated heterocycles. The van der Waals surface area contributed by atoms with E-state index < -0.39 is 0 Å². The summed E-state index contributed by atoms with van der Waals surface area (Å²) in [5.41, 5.74) is 0. The molecule has 0 rings (SSSR count). The Bertz CT molecular complexity index is 251. The van der Waals surface area contributed by atoms with Crippen LogP contribution in [0.4, 0.5) is 0 Å². The van der Waals surface area contributed by atoms with Gasteiger partial charge in [-0.15, -0.1) is 6.58 Å². The van der Waals surface area contributed by atoms with Crippen LogP contribution in [0.25, 0.3) is 0 Å². The van der Waals surface area contributed by atoms with Gasteiger partial charge in [-0.3, -0.25) is 0 Å². The average Bonchev–Trinajstić information content (AvgIpc) is 2.54. The van der Waals surface area contributed by atoms with Crippen LogP contribution >= 0.6 is 0 Å². The fourth-order valence-electron chi connectivity index (χ4n) is 3.11. The molecule has 1 atom stereocenters. The van der Waals surface area contributed by atoms with Gasteiger partial charge in [-0.2, -0.15) is 0 Å². The van der Waals surface area contributed by atoms with Crippen molar-refractivity contribution in [1.29, 1.82) is 0 Å². The highest BCUT2D eigenvalue weighted by Gasteiger charge is 1.95. The first-order chi connectivity index (χ1) is 11.3. The second kappa shape index (κ2) is 19.5. The summed E-state index contributed by atoms with van der Waals surface area (Å²) in [6, 6.07) is 0. The van der Waals surface area contributed by atoms with E-state index in [4.69, 9.17) is 0 Å². The van der Waals surface area contributed by atoms with Crippen molar-refractivity contribution < 1.29 is 0 Å². The molecule has 0 aromatic carbocycles. The van der Waals surface area contributed by atoms with Crippen molar-refractivity contribution in [2.45, 2.75) is 117 Å². The molecule has 23 heavy (non-hydrogen) atoms. The molecule has 0 radical (unpaired) electrons. The highest BCUT2D eigenvalue weighted by Crippen LogP contribution is 2.13. The van der Waals surface area contributed by atoms with E-state index in [-0.39, 0.29) is 0 Å².